The van der Waals surface area contributed by atoms with Gasteiger partial charge >= 0.3 is 0 Å². The molecule has 2 N–H and O–H groups in total. The molecule has 0 aliphatic rings. The Morgan fingerprint density at radius 2 is 2.11 bits per heavy atom. The first-order valence-electron chi connectivity index (χ1n) is 5.58. The van der Waals surface area contributed by atoms with Crippen molar-refractivity contribution in [1.82, 2.24) is 9.97 Å². The van der Waals surface area contributed by atoms with Gasteiger partial charge in [-0.15, -0.1) is 0 Å². The van der Waals surface area contributed by atoms with Gasteiger partial charge in [-0.05, 0) is 41.1 Å². The lowest BCUT2D eigenvalue weighted by Crippen LogP contribution is -2.04. The monoisotopic (exact) mass is 360 g/mol. The first-order valence-corrected chi connectivity index (χ1v) is 7.13. The summed E-state index contributed by atoms with van der Waals surface area (Å²) in [5.41, 5.74) is 0.730. The summed E-state index contributed by atoms with van der Waals surface area (Å²) in [5.74, 6) is 1.19. The fourth-order valence-corrected chi connectivity index (χ4v) is 2.16. The largest absolute Gasteiger partial charge is 0.354 e. The Balaban J connectivity index is 2.29. The highest BCUT2D eigenvalue weighted by atomic mass is 79.9. The summed E-state index contributed by atoms with van der Waals surface area (Å²) >= 11 is 15.4. The fourth-order valence-electron chi connectivity index (χ4n) is 1.42. The SMILES string of the molecule is CCNc1ncc(Br)c(Nc2ccc(Cl)cc2Cl)n1. The van der Waals surface area contributed by atoms with E-state index in [0.717, 1.165) is 16.7 Å². The van der Waals surface area contributed by atoms with Crippen molar-refractivity contribution < 1.29 is 0 Å². The lowest BCUT2D eigenvalue weighted by molar-refractivity contribution is 1.08. The zero-order chi connectivity index (χ0) is 13.8. The van der Waals surface area contributed by atoms with Crippen molar-refractivity contribution in [3.63, 3.8) is 0 Å². The average molecular weight is 362 g/mol. The predicted molar refractivity (Wildman–Crippen MR) is 83.6 cm³/mol. The minimum Gasteiger partial charge on any atom is -0.354 e. The highest BCUT2D eigenvalue weighted by molar-refractivity contribution is 9.10. The molecule has 2 aromatic rings. The van der Waals surface area contributed by atoms with E-state index in [2.05, 4.69) is 36.5 Å². The molecule has 0 atom stereocenters. The Bertz CT molecular complexity index is 592. The third kappa shape index (κ3) is 3.72. The molecule has 0 saturated heterocycles. The first-order chi connectivity index (χ1) is 9.10. The van der Waals surface area contributed by atoms with Crippen molar-refractivity contribution in [2.75, 3.05) is 17.2 Å². The number of halogens is 3. The molecule has 0 fully saturated rings. The summed E-state index contributed by atoms with van der Waals surface area (Å²) in [5, 5.41) is 7.30. The summed E-state index contributed by atoms with van der Waals surface area (Å²) < 4.78 is 0.750. The van der Waals surface area contributed by atoms with Gasteiger partial charge in [0.15, 0.2) is 0 Å². The maximum Gasteiger partial charge on any atom is 0.224 e. The Morgan fingerprint density at radius 1 is 1.32 bits per heavy atom. The lowest BCUT2D eigenvalue weighted by Gasteiger charge is -2.11. The standard InChI is InChI=1S/C12H11BrCl2N4/c1-2-16-12-17-6-8(13)11(19-12)18-10-4-3-7(14)5-9(10)15/h3-6H,2H2,1H3,(H2,16,17,18,19). The van der Waals surface area contributed by atoms with E-state index in [0.29, 0.717) is 21.8 Å². The molecular formula is C12H11BrCl2N4. The van der Waals surface area contributed by atoms with Crippen LogP contribution in [0.4, 0.5) is 17.5 Å². The van der Waals surface area contributed by atoms with Gasteiger partial charge in [0.05, 0.1) is 15.2 Å². The highest BCUT2D eigenvalue weighted by Crippen LogP contribution is 2.30. The van der Waals surface area contributed by atoms with Gasteiger partial charge < -0.3 is 10.6 Å². The van der Waals surface area contributed by atoms with E-state index in [1.807, 2.05) is 6.92 Å². The molecule has 0 bridgehead atoms. The molecule has 0 spiro atoms. The Kier molecular flexibility index (Phi) is 4.85. The maximum atomic E-state index is 6.11. The number of rotatable bonds is 4. The van der Waals surface area contributed by atoms with Crippen molar-refractivity contribution in [2.24, 2.45) is 0 Å². The van der Waals surface area contributed by atoms with E-state index < -0.39 is 0 Å². The molecule has 19 heavy (non-hydrogen) atoms. The van der Waals surface area contributed by atoms with Gasteiger partial charge in [-0.1, -0.05) is 23.2 Å². The Morgan fingerprint density at radius 3 is 2.79 bits per heavy atom. The number of hydrogen-bond donors (Lipinski definition) is 2. The van der Waals surface area contributed by atoms with Crippen LogP contribution < -0.4 is 10.6 Å². The van der Waals surface area contributed by atoms with E-state index in [9.17, 15) is 0 Å². The Hall–Kier alpha value is -1.04. The van der Waals surface area contributed by atoms with Crippen LogP contribution in [0.2, 0.25) is 10.0 Å². The molecule has 0 unspecified atom stereocenters. The van der Waals surface area contributed by atoms with Crippen LogP contribution in [0.15, 0.2) is 28.9 Å². The van der Waals surface area contributed by atoms with Gasteiger partial charge in [0.1, 0.15) is 5.82 Å². The third-order valence-corrected chi connectivity index (χ3v) is 3.39. The normalized spacial score (nSPS) is 10.3. The second-order valence-electron chi connectivity index (χ2n) is 3.67. The number of hydrogen-bond acceptors (Lipinski definition) is 4. The van der Waals surface area contributed by atoms with Gasteiger partial charge in [0.2, 0.25) is 5.95 Å². The van der Waals surface area contributed by atoms with E-state index in [4.69, 9.17) is 23.2 Å². The summed E-state index contributed by atoms with van der Waals surface area (Å²) in [6.45, 7) is 2.73. The molecule has 4 nitrogen and oxygen atoms in total. The fraction of sp³-hybridized carbons (Fsp3) is 0.167. The van der Waals surface area contributed by atoms with Crippen molar-refractivity contribution in [3.05, 3.63) is 38.9 Å². The minimum atomic E-state index is 0.531. The third-order valence-electron chi connectivity index (χ3n) is 2.26. The summed E-state index contributed by atoms with van der Waals surface area (Å²) in [6.07, 6.45) is 1.68. The van der Waals surface area contributed by atoms with Crippen LogP contribution >= 0.6 is 39.1 Å². The zero-order valence-corrected chi connectivity index (χ0v) is 13.1. The molecule has 2 rings (SSSR count). The number of anilines is 3. The van der Waals surface area contributed by atoms with E-state index in [-0.39, 0.29) is 0 Å². The molecule has 0 radical (unpaired) electrons. The van der Waals surface area contributed by atoms with Crippen LogP contribution in [0.3, 0.4) is 0 Å². The molecule has 0 amide bonds. The van der Waals surface area contributed by atoms with Crippen LogP contribution in [0.5, 0.6) is 0 Å². The minimum absolute atomic E-state index is 0.531. The second-order valence-corrected chi connectivity index (χ2v) is 5.37. The molecule has 0 aliphatic heterocycles. The van der Waals surface area contributed by atoms with Crippen LogP contribution in [-0.2, 0) is 0 Å². The lowest BCUT2D eigenvalue weighted by atomic mass is 10.3. The van der Waals surface area contributed by atoms with Crippen LogP contribution in [0.1, 0.15) is 6.92 Å². The van der Waals surface area contributed by atoms with Crippen LogP contribution in [-0.4, -0.2) is 16.5 Å². The van der Waals surface area contributed by atoms with E-state index >= 15 is 0 Å². The summed E-state index contributed by atoms with van der Waals surface area (Å²) in [6, 6.07) is 5.23. The highest BCUT2D eigenvalue weighted by Gasteiger charge is 2.07. The summed E-state index contributed by atoms with van der Waals surface area (Å²) in [4.78, 5) is 8.49. The second kappa shape index (κ2) is 6.41. The maximum absolute atomic E-state index is 6.11. The van der Waals surface area contributed by atoms with Crippen molar-refractivity contribution in [3.8, 4) is 0 Å². The average Bonchev–Trinajstić information content (AvgIpc) is 2.37. The molecule has 1 heterocycles. The quantitative estimate of drug-likeness (QED) is 0.827. The molecule has 1 aromatic carbocycles. The first kappa shape index (κ1) is 14.4. The molecule has 100 valence electrons. The van der Waals surface area contributed by atoms with Crippen molar-refractivity contribution in [2.45, 2.75) is 6.92 Å². The smallest absolute Gasteiger partial charge is 0.224 e. The number of benzene rings is 1. The molecular weight excluding hydrogens is 351 g/mol. The predicted octanol–water partition coefficient (Wildman–Crippen LogP) is 4.72. The molecule has 0 aliphatic carbocycles. The number of nitrogens with zero attached hydrogens (tertiary/aromatic N) is 2. The molecule has 7 heteroatoms. The van der Waals surface area contributed by atoms with Crippen LogP contribution in [0, 0.1) is 0 Å². The Labute approximate surface area is 129 Å². The van der Waals surface area contributed by atoms with Crippen molar-refractivity contribution >= 4 is 56.6 Å². The van der Waals surface area contributed by atoms with Gasteiger partial charge in [0, 0.05) is 17.8 Å². The van der Waals surface area contributed by atoms with Gasteiger partial charge in [-0.2, -0.15) is 4.98 Å². The number of aromatic nitrogens is 2. The topological polar surface area (TPSA) is 49.8 Å². The van der Waals surface area contributed by atoms with Gasteiger partial charge in [-0.3, -0.25) is 0 Å². The van der Waals surface area contributed by atoms with E-state index in [1.54, 1.807) is 24.4 Å². The van der Waals surface area contributed by atoms with Crippen LogP contribution in [0.25, 0.3) is 0 Å². The van der Waals surface area contributed by atoms with Gasteiger partial charge in [0.25, 0.3) is 0 Å². The van der Waals surface area contributed by atoms with Gasteiger partial charge in [-0.25, -0.2) is 4.98 Å². The van der Waals surface area contributed by atoms with E-state index in [1.165, 1.54) is 0 Å². The van der Waals surface area contributed by atoms with Crippen molar-refractivity contribution in [1.29, 1.82) is 0 Å². The molecule has 0 saturated carbocycles. The molecule has 1 aromatic heterocycles. The zero-order valence-electron chi connectivity index (χ0n) is 10.0. The number of nitrogens with one attached hydrogen (secondary N) is 2. The summed E-state index contributed by atoms with van der Waals surface area (Å²) in [7, 11) is 0.